The molecular weight excluding hydrogens is 352 g/mol. The summed E-state index contributed by atoms with van der Waals surface area (Å²) >= 11 is 1.09. The molecule has 0 saturated carbocycles. The quantitative estimate of drug-likeness (QED) is 0.549. The maximum atomic E-state index is 12.1. The first kappa shape index (κ1) is 17.8. The number of fused-ring (bicyclic) bond motifs is 1. The lowest BCUT2D eigenvalue weighted by atomic mass is 10.1. The Morgan fingerprint density at radius 1 is 1.15 bits per heavy atom. The highest BCUT2D eigenvalue weighted by Crippen LogP contribution is 2.14. The van der Waals surface area contributed by atoms with Crippen molar-refractivity contribution in [1.29, 1.82) is 0 Å². The molecule has 1 N–H and O–H groups in total. The van der Waals surface area contributed by atoms with E-state index in [1.54, 1.807) is 42.6 Å². The smallest absolute Gasteiger partial charge is 0.325 e. The molecule has 2 aromatic heterocycles. The number of rotatable bonds is 5. The Morgan fingerprint density at radius 3 is 2.58 bits per heavy atom. The molecule has 1 aromatic carbocycles. The van der Waals surface area contributed by atoms with Gasteiger partial charge in [0.15, 0.2) is 10.9 Å². The van der Waals surface area contributed by atoms with Crippen molar-refractivity contribution in [2.45, 2.75) is 19.0 Å². The van der Waals surface area contributed by atoms with Crippen LogP contribution in [0.25, 0.3) is 5.65 Å². The second-order valence-electron chi connectivity index (χ2n) is 5.69. The topological polar surface area (TPSA) is 93.4 Å². The molecule has 0 bridgehead atoms. The van der Waals surface area contributed by atoms with E-state index in [0.29, 0.717) is 16.9 Å². The first-order chi connectivity index (χ1) is 12.4. The van der Waals surface area contributed by atoms with Gasteiger partial charge in [0.2, 0.25) is 5.91 Å². The van der Waals surface area contributed by atoms with E-state index in [-0.39, 0.29) is 22.6 Å². The van der Waals surface area contributed by atoms with Gasteiger partial charge in [-0.15, -0.1) is 0 Å². The number of pyridine rings is 1. The minimum atomic E-state index is -0.433. The number of ketones is 1. The molecule has 132 valence electrons. The summed E-state index contributed by atoms with van der Waals surface area (Å²) < 4.78 is 1.35. The van der Waals surface area contributed by atoms with Crippen LogP contribution >= 0.6 is 11.8 Å². The van der Waals surface area contributed by atoms with Gasteiger partial charge in [-0.1, -0.05) is 11.8 Å². The van der Waals surface area contributed by atoms with Gasteiger partial charge in [-0.2, -0.15) is 4.98 Å². The first-order valence-corrected chi connectivity index (χ1v) is 8.81. The van der Waals surface area contributed by atoms with E-state index in [0.717, 1.165) is 17.3 Å². The third kappa shape index (κ3) is 4.15. The van der Waals surface area contributed by atoms with Crippen LogP contribution in [0.3, 0.4) is 0 Å². The van der Waals surface area contributed by atoms with Gasteiger partial charge in [-0.3, -0.25) is 14.0 Å². The Morgan fingerprint density at radius 2 is 1.88 bits per heavy atom. The number of aryl methyl sites for hydroxylation is 1. The second-order valence-corrected chi connectivity index (χ2v) is 6.63. The van der Waals surface area contributed by atoms with Crippen LogP contribution in [0.1, 0.15) is 22.8 Å². The van der Waals surface area contributed by atoms with Crippen LogP contribution in [0.5, 0.6) is 0 Å². The standard InChI is InChI=1S/C18H16N4O3S/c1-11-7-8-22-15(9-11)20-17(21-18(22)25)26-10-16(24)19-14-5-3-13(4-6-14)12(2)23/h3-9H,10H2,1-2H3,(H,19,24). The van der Waals surface area contributed by atoms with Crippen LogP contribution in [0.2, 0.25) is 0 Å². The van der Waals surface area contributed by atoms with Gasteiger partial charge < -0.3 is 5.32 Å². The summed E-state index contributed by atoms with van der Waals surface area (Å²) in [4.78, 5) is 43.5. The number of aromatic nitrogens is 3. The van der Waals surface area contributed by atoms with E-state index >= 15 is 0 Å². The van der Waals surface area contributed by atoms with Crippen molar-refractivity contribution in [1.82, 2.24) is 14.4 Å². The lowest BCUT2D eigenvalue weighted by Crippen LogP contribution is -2.20. The zero-order chi connectivity index (χ0) is 18.7. The van der Waals surface area contributed by atoms with Gasteiger partial charge in [0, 0.05) is 17.4 Å². The monoisotopic (exact) mass is 368 g/mol. The summed E-state index contributed by atoms with van der Waals surface area (Å²) in [6.45, 7) is 3.39. The number of nitrogens with one attached hydrogen (secondary N) is 1. The molecule has 8 heteroatoms. The molecule has 7 nitrogen and oxygen atoms in total. The van der Waals surface area contributed by atoms with Crippen molar-refractivity contribution in [2.24, 2.45) is 0 Å². The van der Waals surface area contributed by atoms with Crippen LogP contribution in [0.15, 0.2) is 52.5 Å². The van der Waals surface area contributed by atoms with E-state index < -0.39 is 5.69 Å². The van der Waals surface area contributed by atoms with E-state index in [2.05, 4.69) is 15.3 Å². The summed E-state index contributed by atoms with van der Waals surface area (Å²) in [5.74, 6) is -0.220. The fourth-order valence-electron chi connectivity index (χ4n) is 2.28. The molecule has 0 radical (unpaired) electrons. The van der Waals surface area contributed by atoms with Crippen LogP contribution in [0.4, 0.5) is 5.69 Å². The Balaban J connectivity index is 1.66. The molecule has 26 heavy (non-hydrogen) atoms. The van der Waals surface area contributed by atoms with Gasteiger partial charge in [0.25, 0.3) is 0 Å². The lowest BCUT2D eigenvalue weighted by molar-refractivity contribution is -0.113. The number of nitrogens with zero attached hydrogens (tertiary/aromatic N) is 3. The lowest BCUT2D eigenvalue weighted by Gasteiger charge is -2.06. The van der Waals surface area contributed by atoms with E-state index in [1.807, 2.05) is 6.92 Å². The van der Waals surface area contributed by atoms with Crippen molar-refractivity contribution in [3.8, 4) is 0 Å². The molecule has 0 saturated heterocycles. The SMILES string of the molecule is CC(=O)c1ccc(NC(=O)CSc2nc(=O)n3ccc(C)cc3n2)cc1. The summed E-state index contributed by atoms with van der Waals surface area (Å²) in [5.41, 5.74) is 2.21. The highest BCUT2D eigenvalue weighted by atomic mass is 32.2. The zero-order valence-electron chi connectivity index (χ0n) is 14.2. The molecule has 0 unspecified atom stereocenters. The molecule has 0 spiro atoms. The number of carbonyl (C=O) groups excluding carboxylic acids is 2. The fraction of sp³-hybridized carbons (Fsp3) is 0.167. The number of benzene rings is 1. The van der Waals surface area contributed by atoms with Crippen molar-refractivity contribution in [2.75, 3.05) is 11.1 Å². The Hall–Kier alpha value is -3.00. The number of hydrogen-bond acceptors (Lipinski definition) is 6. The summed E-state index contributed by atoms with van der Waals surface area (Å²) in [5, 5.41) is 2.98. The van der Waals surface area contributed by atoms with Gasteiger partial charge in [-0.05, 0) is 55.8 Å². The summed E-state index contributed by atoms with van der Waals surface area (Å²) in [6, 6.07) is 10.2. The number of thioether (sulfide) groups is 1. The molecule has 3 aromatic rings. The van der Waals surface area contributed by atoms with Crippen molar-refractivity contribution in [3.63, 3.8) is 0 Å². The number of Topliss-reactive ketones (excluding diaryl/α,β-unsaturated/α-hetero) is 1. The van der Waals surface area contributed by atoms with Gasteiger partial charge in [0.1, 0.15) is 5.65 Å². The molecular formula is C18H16N4O3S. The fourth-order valence-corrected chi connectivity index (χ4v) is 2.91. The third-order valence-electron chi connectivity index (χ3n) is 3.61. The highest BCUT2D eigenvalue weighted by Gasteiger charge is 2.09. The number of amides is 1. The van der Waals surface area contributed by atoms with Gasteiger partial charge in [-0.25, -0.2) is 9.78 Å². The van der Waals surface area contributed by atoms with E-state index in [4.69, 9.17) is 0 Å². The Labute approximate surface area is 153 Å². The predicted octanol–water partition coefficient (Wildman–Crippen LogP) is 2.33. The maximum absolute atomic E-state index is 12.1. The summed E-state index contributed by atoms with van der Waals surface area (Å²) in [7, 11) is 0. The maximum Gasteiger partial charge on any atom is 0.355 e. The molecule has 3 rings (SSSR count). The normalized spacial score (nSPS) is 10.7. The average Bonchev–Trinajstić information content (AvgIpc) is 2.60. The number of anilines is 1. The van der Waals surface area contributed by atoms with Crippen LogP contribution in [-0.2, 0) is 4.79 Å². The van der Waals surface area contributed by atoms with E-state index in [9.17, 15) is 14.4 Å². The largest absolute Gasteiger partial charge is 0.355 e. The van der Waals surface area contributed by atoms with Crippen molar-refractivity contribution < 1.29 is 9.59 Å². The average molecular weight is 368 g/mol. The van der Waals surface area contributed by atoms with Gasteiger partial charge in [0.05, 0.1) is 5.75 Å². The Bertz CT molecular complexity index is 1040. The van der Waals surface area contributed by atoms with Crippen LogP contribution < -0.4 is 11.0 Å². The predicted molar refractivity (Wildman–Crippen MR) is 99.8 cm³/mol. The third-order valence-corrected chi connectivity index (χ3v) is 4.45. The molecule has 0 fully saturated rings. The number of hydrogen-bond donors (Lipinski definition) is 1. The van der Waals surface area contributed by atoms with E-state index in [1.165, 1.54) is 11.3 Å². The van der Waals surface area contributed by atoms with Gasteiger partial charge >= 0.3 is 5.69 Å². The molecule has 2 heterocycles. The highest BCUT2D eigenvalue weighted by molar-refractivity contribution is 7.99. The second kappa shape index (κ2) is 7.49. The van der Waals surface area contributed by atoms with Crippen molar-refractivity contribution in [3.05, 3.63) is 64.2 Å². The Kier molecular flexibility index (Phi) is 5.13. The molecule has 0 aliphatic carbocycles. The molecule has 0 aliphatic heterocycles. The summed E-state index contributed by atoms with van der Waals surface area (Å²) in [6.07, 6.45) is 1.62. The molecule has 0 aliphatic rings. The molecule has 1 amide bonds. The minimum absolute atomic E-state index is 0.0339. The first-order valence-electron chi connectivity index (χ1n) is 7.83. The number of carbonyl (C=O) groups is 2. The van der Waals surface area contributed by atoms with Crippen LogP contribution in [-0.4, -0.2) is 31.8 Å². The van der Waals surface area contributed by atoms with Crippen LogP contribution in [0, 0.1) is 6.92 Å². The molecule has 0 atom stereocenters. The van der Waals surface area contributed by atoms with Crippen molar-refractivity contribution >= 4 is 34.8 Å². The zero-order valence-corrected chi connectivity index (χ0v) is 15.0. The minimum Gasteiger partial charge on any atom is -0.325 e.